The predicted octanol–water partition coefficient (Wildman–Crippen LogP) is 0.975. The Morgan fingerprint density at radius 3 is 2.70 bits per heavy atom. The summed E-state index contributed by atoms with van der Waals surface area (Å²) in [5.74, 6) is -2.31. The number of rotatable bonds is 2. The Morgan fingerprint density at radius 1 is 1.20 bits per heavy atom. The molecule has 20 heavy (non-hydrogen) atoms. The van der Waals surface area contributed by atoms with Crippen LogP contribution in [0.2, 0.25) is 0 Å². The van der Waals surface area contributed by atoms with Crippen molar-refractivity contribution >= 4 is 23.5 Å². The highest BCUT2D eigenvalue weighted by atomic mass is 16.4. The second-order valence-electron chi connectivity index (χ2n) is 4.08. The van der Waals surface area contributed by atoms with Gasteiger partial charge in [0.1, 0.15) is 5.69 Å². The van der Waals surface area contributed by atoms with E-state index in [0.29, 0.717) is 0 Å². The van der Waals surface area contributed by atoms with Gasteiger partial charge in [0.05, 0.1) is 23.0 Å². The third-order valence-corrected chi connectivity index (χ3v) is 2.88. The Hall–Kier alpha value is -3.09. The maximum absolute atomic E-state index is 12.2. The van der Waals surface area contributed by atoms with Gasteiger partial charge in [0, 0.05) is 12.4 Å². The molecule has 0 bridgehead atoms. The molecule has 0 aromatic carbocycles. The highest BCUT2D eigenvalue weighted by Crippen LogP contribution is 2.26. The zero-order valence-corrected chi connectivity index (χ0v) is 9.98. The highest BCUT2D eigenvalue weighted by Gasteiger charge is 2.38. The van der Waals surface area contributed by atoms with Crippen molar-refractivity contribution in [3.63, 3.8) is 0 Å². The topological polar surface area (TPSA) is 100 Å². The lowest BCUT2D eigenvalue weighted by Crippen LogP contribution is -2.29. The minimum absolute atomic E-state index is 0.0539. The van der Waals surface area contributed by atoms with E-state index in [1.165, 1.54) is 24.5 Å². The number of aromatic nitrogens is 2. The standard InChI is InChI=1S/C13H7N3O4/c17-11-9-2-1-3-15-10(9)12(18)16(11)8-4-7(13(19)20)5-14-6-8/h1-6H,(H,19,20). The Labute approximate surface area is 112 Å². The van der Waals surface area contributed by atoms with E-state index >= 15 is 0 Å². The van der Waals surface area contributed by atoms with Gasteiger partial charge in [-0.25, -0.2) is 9.69 Å². The van der Waals surface area contributed by atoms with Gasteiger partial charge >= 0.3 is 5.97 Å². The highest BCUT2D eigenvalue weighted by molar-refractivity contribution is 6.33. The van der Waals surface area contributed by atoms with Gasteiger partial charge in [0.2, 0.25) is 0 Å². The van der Waals surface area contributed by atoms with Crippen LogP contribution in [0.4, 0.5) is 5.69 Å². The summed E-state index contributed by atoms with van der Waals surface area (Å²) in [7, 11) is 0. The molecule has 2 amide bonds. The maximum atomic E-state index is 12.2. The van der Waals surface area contributed by atoms with Crippen molar-refractivity contribution in [2.24, 2.45) is 0 Å². The smallest absolute Gasteiger partial charge is 0.337 e. The van der Waals surface area contributed by atoms with Crippen LogP contribution in [0.1, 0.15) is 31.2 Å². The lowest BCUT2D eigenvalue weighted by atomic mass is 10.2. The summed E-state index contributed by atoms with van der Waals surface area (Å²) in [5.41, 5.74) is 0.251. The largest absolute Gasteiger partial charge is 0.478 e. The molecule has 0 unspecified atom stereocenters. The molecular weight excluding hydrogens is 262 g/mol. The van der Waals surface area contributed by atoms with Crippen molar-refractivity contribution in [3.05, 3.63) is 53.6 Å². The molecule has 0 radical (unpaired) electrons. The molecule has 0 saturated heterocycles. The van der Waals surface area contributed by atoms with E-state index in [1.54, 1.807) is 6.07 Å². The first-order valence-corrected chi connectivity index (χ1v) is 5.62. The summed E-state index contributed by atoms with van der Waals surface area (Å²) in [6.45, 7) is 0. The minimum atomic E-state index is -1.19. The number of carboxylic acids is 1. The number of carbonyl (C=O) groups excluding carboxylic acids is 2. The molecule has 2 aromatic heterocycles. The van der Waals surface area contributed by atoms with Gasteiger partial charge < -0.3 is 5.11 Å². The molecule has 1 N–H and O–H groups in total. The first-order chi connectivity index (χ1) is 9.59. The lowest BCUT2D eigenvalue weighted by Gasteiger charge is -2.13. The molecule has 3 rings (SSSR count). The summed E-state index contributed by atoms with van der Waals surface area (Å²) < 4.78 is 0. The average Bonchev–Trinajstić information content (AvgIpc) is 2.72. The number of aromatic carboxylic acids is 1. The monoisotopic (exact) mass is 269 g/mol. The van der Waals surface area contributed by atoms with E-state index in [4.69, 9.17) is 5.11 Å². The van der Waals surface area contributed by atoms with E-state index in [-0.39, 0.29) is 22.5 Å². The van der Waals surface area contributed by atoms with Crippen LogP contribution in [0.5, 0.6) is 0 Å². The van der Waals surface area contributed by atoms with Crippen LogP contribution < -0.4 is 4.90 Å². The number of nitrogens with zero attached hydrogens (tertiary/aromatic N) is 3. The van der Waals surface area contributed by atoms with Gasteiger partial charge in [-0.2, -0.15) is 0 Å². The van der Waals surface area contributed by atoms with Gasteiger partial charge in [0.15, 0.2) is 0 Å². The van der Waals surface area contributed by atoms with Crippen molar-refractivity contribution < 1.29 is 19.5 Å². The van der Waals surface area contributed by atoms with Crippen molar-refractivity contribution in [3.8, 4) is 0 Å². The van der Waals surface area contributed by atoms with Gasteiger partial charge in [-0.15, -0.1) is 0 Å². The number of hydrogen-bond donors (Lipinski definition) is 1. The zero-order chi connectivity index (χ0) is 14.3. The SMILES string of the molecule is O=C(O)c1cncc(N2C(=O)c3cccnc3C2=O)c1. The lowest BCUT2D eigenvalue weighted by molar-refractivity contribution is 0.0695. The molecule has 0 spiro atoms. The Kier molecular flexibility index (Phi) is 2.53. The number of fused-ring (bicyclic) bond motifs is 1. The van der Waals surface area contributed by atoms with E-state index in [1.807, 2.05) is 0 Å². The van der Waals surface area contributed by atoms with Gasteiger partial charge in [0.25, 0.3) is 11.8 Å². The molecule has 98 valence electrons. The molecule has 7 heteroatoms. The molecular formula is C13H7N3O4. The van der Waals surface area contributed by atoms with Crippen LogP contribution in [0.15, 0.2) is 36.8 Å². The van der Waals surface area contributed by atoms with Crippen LogP contribution in [0.25, 0.3) is 0 Å². The number of pyridine rings is 2. The normalized spacial score (nSPS) is 13.5. The summed E-state index contributed by atoms with van der Waals surface area (Å²) in [6, 6.07) is 4.27. The van der Waals surface area contributed by atoms with E-state index in [2.05, 4.69) is 9.97 Å². The van der Waals surface area contributed by atoms with E-state index < -0.39 is 17.8 Å². The number of carboxylic acid groups (broad SMARTS) is 1. The van der Waals surface area contributed by atoms with E-state index in [0.717, 1.165) is 11.1 Å². The zero-order valence-electron chi connectivity index (χ0n) is 9.98. The summed E-state index contributed by atoms with van der Waals surface area (Å²) in [4.78, 5) is 43.7. The van der Waals surface area contributed by atoms with Gasteiger partial charge in [-0.1, -0.05) is 0 Å². The summed E-state index contributed by atoms with van der Waals surface area (Å²) >= 11 is 0. The molecule has 2 aromatic rings. The van der Waals surface area contributed by atoms with Crippen LogP contribution >= 0.6 is 0 Å². The second kappa shape index (κ2) is 4.23. The van der Waals surface area contributed by atoms with Crippen LogP contribution in [-0.4, -0.2) is 32.9 Å². The maximum Gasteiger partial charge on any atom is 0.337 e. The first-order valence-electron chi connectivity index (χ1n) is 5.62. The third kappa shape index (κ3) is 1.64. The third-order valence-electron chi connectivity index (χ3n) is 2.88. The predicted molar refractivity (Wildman–Crippen MR) is 66.6 cm³/mol. The van der Waals surface area contributed by atoms with Crippen molar-refractivity contribution in [2.75, 3.05) is 4.90 Å². The molecule has 1 aliphatic rings. The number of hydrogen-bond acceptors (Lipinski definition) is 5. The minimum Gasteiger partial charge on any atom is -0.478 e. The fourth-order valence-corrected chi connectivity index (χ4v) is 1.97. The average molecular weight is 269 g/mol. The molecule has 1 aliphatic heterocycles. The Morgan fingerprint density at radius 2 is 2.00 bits per heavy atom. The van der Waals surface area contributed by atoms with Crippen molar-refractivity contribution in [2.45, 2.75) is 0 Å². The fourth-order valence-electron chi connectivity index (χ4n) is 1.97. The Bertz CT molecular complexity index is 722. The number of amides is 2. The summed E-state index contributed by atoms with van der Waals surface area (Å²) in [6.07, 6.45) is 3.82. The van der Waals surface area contributed by atoms with Crippen molar-refractivity contribution in [1.82, 2.24) is 9.97 Å². The van der Waals surface area contributed by atoms with E-state index in [9.17, 15) is 14.4 Å². The van der Waals surface area contributed by atoms with Crippen LogP contribution in [-0.2, 0) is 0 Å². The number of carbonyl (C=O) groups is 3. The van der Waals surface area contributed by atoms with Gasteiger partial charge in [-0.3, -0.25) is 19.6 Å². The summed E-state index contributed by atoms with van der Waals surface area (Å²) in [5, 5.41) is 8.92. The quantitative estimate of drug-likeness (QED) is 0.815. The molecule has 7 nitrogen and oxygen atoms in total. The molecule has 0 saturated carbocycles. The van der Waals surface area contributed by atoms with Crippen LogP contribution in [0.3, 0.4) is 0 Å². The number of imide groups is 1. The van der Waals surface area contributed by atoms with Crippen molar-refractivity contribution in [1.29, 1.82) is 0 Å². The first kappa shape index (κ1) is 12.0. The van der Waals surface area contributed by atoms with Crippen LogP contribution in [0, 0.1) is 0 Å². The second-order valence-corrected chi connectivity index (χ2v) is 4.08. The molecule has 0 atom stereocenters. The molecule has 0 aliphatic carbocycles. The van der Waals surface area contributed by atoms with Gasteiger partial charge in [-0.05, 0) is 18.2 Å². The number of anilines is 1. The Balaban J connectivity index is 2.09. The molecule has 0 fully saturated rings. The molecule has 3 heterocycles. The fraction of sp³-hybridized carbons (Fsp3) is 0.